The van der Waals surface area contributed by atoms with Crippen molar-refractivity contribution in [2.75, 3.05) is 13.7 Å². The minimum Gasteiger partial charge on any atom is -0.494 e. The molecular formula is C15H26N2O2. The largest absolute Gasteiger partial charge is 0.494 e. The highest BCUT2D eigenvalue weighted by Gasteiger charge is 2.34. The highest BCUT2D eigenvalue weighted by Crippen LogP contribution is 2.35. The lowest BCUT2D eigenvalue weighted by Gasteiger charge is -2.36. The molecule has 0 aliphatic carbocycles. The van der Waals surface area contributed by atoms with Crippen molar-refractivity contribution in [1.82, 2.24) is 5.43 Å². The van der Waals surface area contributed by atoms with E-state index in [2.05, 4.69) is 26.2 Å². The molecule has 4 nitrogen and oxygen atoms in total. The number of hydrazine groups is 1. The molecule has 0 aliphatic rings. The lowest BCUT2D eigenvalue weighted by atomic mass is 9.82. The SMILES string of the molecule is CCOc1ccccc1C(NN)C(OC)C(C)(C)C. The fraction of sp³-hybridized carbons (Fsp3) is 0.600. The van der Waals surface area contributed by atoms with Crippen LogP contribution in [0.3, 0.4) is 0 Å². The lowest BCUT2D eigenvalue weighted by Crippen LogP contribution is -2.44. The van der Waals surface area contributed by atoms with Crippen LogP contribution in [0.15, 0.2) is 24.3 Å². The molecule has 0 fully saturated rings. The lowest BCUT2D eigenvalue weighted by molar-refractivity contribution is -0.0126. The standard InChI is InChI=1S/C15H26N2O2/c1-6-19-12-10-8-7-9-11(12)13(17-16)14(18-5)15(2,3)4/h7-10,13-14,17H,6,16H2,1-5H3. The first-order valence-electron chi connectivity index (χ1n) is 6.66. The van der Waals surface area contributed by atoms with Gasteiger partial charge in [-0.3, -0.25) is 11.3 Å². The van der Waals surface area contributed by atoms with Crippen LogP contribution in [-0.2, 0) is 4.74 Å². The Bertz CT molecular complexity index is 388. The van der Waals surface area contributed by atoms with Crippen LogP contribution in [0.1, 0.15) is 39.3 Å². The molecule has 4 heteroatoms. The molecule has 2 atom stereocenters. The van der Waals surface area contributed by atoms with Gasteiger partial charge in [0, 0.05) is 12.7 Å². The van der Waals surface area contributed by atoms with Crippen molar-refractivity contribution >= 4 is 0 Å². The maximum Gasteiger partial charge on any atom is 0.124 e. The number of nitrogens with one attached hydrogen (secondary N) is 1. The van der Waals surface area contributed by atoms with E-state index < -0.39 is 0 Å². The van der Waals surface area contributed by atoms with Gasteiger partial charge >= 0.3 is 0 Å². The Morgan fingerprint density at radius 1 is 1.26 bits per heavy atom. The minimum atomic E-state index is -0.118. The van der Waals surface area contributed by atoms with Crippen LogP contribution in [-0.4, -0.2) is 19.8 Å². The number of methoxy groups -OCH3 is 1. The van der Waals surface area contributed by atoms with Gasteiger partial charge in [-0.25, -0.2) is 0 Å². The molecule has 108 valence electrons. The van der Waals surface area contributed by atoms with Gasteiger partial charge in [0.2, 0.25) is 0 Å². The van der Waals surface area contributed by atoms with Crippen LogP contribution in [0.5, 0.6) is 5.75 Å². The molecule has 0 amide bonds. The second kappa shape index (κ2) is 6.89. The Kier molecular flexibility index (Phi) is 5.79. The quantitative estimate of drug-likeness (QED) is 0.614. The zero-order valence-electron chi connectivity index (χ0n) is 12.6. The number of benzene rings is 1. The molecule has 0 radical (unpaired) electrons. The van der Waals surface area contributed by atoms with Gasteiger partial charge in [0.15, 0.2) is 0 Å². The minimum absolute atomic E-state index is 0.0366. The molecule has 2 unspecified atom stereocenters. The summed E-state index contributed by atoms with van der Waals surface area (Å²) < 4.78 is 11.3. The number of hydrogen-bond donors (Lipinski definition) is 2. The molecule has 1 aromatic carbocycles. The van der Waals surface area contributed by atoms with E-state index in [4.69, 9.17) is 15.3 Å². The fourth-order valence-electron chi connectivity index (χ4n) is 2.35. The molecule has 0 bridgehead atoms. The van der Waals surface area contributed by atoms with Gasteiger partial charge in [-0.05, 0) is 18.4 Å². The predicted octanol–water partition coefficient (Wildman–Crippen LogP) is 2.65. The van der Waals surface area contributed by atoms with Gasteiger partial charge in [-0.15, -0.1) is 0 Å². The number of hydrogen-bond acceptors (Lipinski definition) is 4. The zero-order chi connectivity index (χ0) is 14.5. The van der Waals surface area contributed by atoms with Crippen LogP contribution in [0.25, 0.3) is 0 Å². The Labute approximate surface area is 116 Å². The zero-order valence-corrected chi connectivity index (χ0v) is 12.6. The maximum atomic E-state index is 5.76. The molecule has 1 aromatic rings. The van der Waals surface area contributed by atoms with Gasteiger partial charge in [-0.2, -0.15) is 0 Å². The van der Waals surface area contributed by atoms with E-state index in [0.29, 0.717) is 6.61 Å². The second-order valence-corrected chi connectivity index (χ2v) is 5.64. The van der Waals surface area contributed by atoms with Gasteiger partial charge in [-0.1, -0.05) is 39.0 Å². The predicted molar refractivity (Wildman–Crippen MR) is 77.9 cm³/mol. The smallest absolute Gasteiger partial charge is 0.124 e. The van der Waals surface area contributed by atoms with Crippen LogP contribution < -0.4 is 16.0 Å². The Hall–Kier alpha value is -1.10. The fourth-order valence-corrected chi connectivity index (χ4v) is 2.35. The number of nitrogens with two attached hydrogens (primary N) is 1. The third-order valence-electron chi connectivity index (χ3n) is 3.14. The molecular weight excluding hydrogens is 240 g/mol. The highest BCUT2D eigenvalue weighted by atomic mass is 16.5. The second-order valence-electron chi connectivity index (χ2n) is 5.64. The topological polar surface area (TPSA) is 56.5 Å². The van der Waals surface area contributed by atoms with Crippen LogP contribution in [0.2, 0.25) is 0 Å². The van der Waals surface area contributed by atoms with Crippen molar-refractivity contribution in [2.45, 2.75) is 39.8 Å². The van der Waals surface area contributed by atoms with Gasteiger partial charge in [0.05, 0.1) is 18.8 Å². The molecule has 0 aliphatic heterocycles. The summed E-state index contributed by atoms with van der Waals surface area (Å²) in [6.07, 6.45) is -0.0564. The van der Waals surface area contributed by atoms with Crippen molar-refractivity contribution in [3.05, 3.63) is 29.8 Å². The van der Waals surface area contributed by atoms with E-state index in [1.54, 1.807) is 7.11 Å². The third-order valence-corrected chi connectivity index (χ3v) is 3.14. The van der Waals surface area contributed by atoms with Crippen LogP contribution in [0.4, 0.5) is 0 Å². The summed E-state index contributed by atoms with van der Waals surface area (Å²) in [6, 6.07) is 7.80. The number of para-hydroxylation sites is 1. The summed E-state index contributed by atoms with van der Waals surface area (Å²) >= 11 is 0. The molecule has 0 heterocycles. The Morgan fingerprint density at radius 2 is 1.89 bits per heavy atom. The van der Waals surface area contributed by atoms with Crippen molar-refractivity contribution in [3.63, 3.8) is 0 Å². The third kappa shape index (κ3) is 3.93. The molecule has 0 aromatic heterocycles. The Morgan fingerprint density at radius 3 is 2.37 bits per heavy atom. The molecule has 1 rings (SSSR count). The van der Waals surface area contributed by atoms with Crippen molar-refractivity contribution in [2.24, 2.45) is 11.3 Å². The van der Waals surface area contributed by atoms with Gasteiger partial charge in [0.25, 0.3) is 0 Å². The van der Waals surface area contributed by atoms with E-state index in [-0.39, 0.29) is 17.6 Å². The molecule has 0 spiro atoms. The molecule has 0 saturated heterocycles. The molecule has 19 heavy (non-hydrogen) atoms. The van der Waals surface area contributed by atoms with E-state index in [1.807, 2.05) is 31.2 Å². The summed E-state index contributed by atoms with van der Waals surface area (Å²) in [6.45, 7) is 9.00. The van der Waals surface area contributed by atoms with Crippen molar-refractivity contribution in [1.29, 1.82) is 0 Å². The van der Waals surface area contributed by atoms with Crippen molar-refractivity contribution < 1.29 is 9.47 Å². The Balaban J connectivity index is 3.15. The first-order chi connectivity index (χ1) is 8.95. The van der Waals surface area contributed by atoms with Gasteiger partial charge in [0.1, 0.15) is 5.75 Å². The van der Waals surface area contributed by atoms with E-state index >= 15 is 0 Å². The van der Waals surface area contributed by atoms with Crippen LogP contribution >= 0.6 is 0 Å². The van der Waals surface area contributed by atoms with Crippen molar-refractivity contribution in [3.8, 4) is 5.75 Å². The summed E-state index contributed by atoms with van der Waals surface area (Å²) in [4.78, 5) is 0. The van der Waals surface area contributed by atoms with E-state index in [0.717, 1.165) is 11.3 Å². The summed E-state index contributed by atoms with van der Waals surface area (Å²) in [5, 5.41) is 0. The van der Waals surface area contributed by atoms with E-state index in [9.17, 15) is 0 Å². The summed E-state index contributed by atoms with van der Waals surface area (Å²) in [5.74, 6) is 6.60. The normalized spacial score (nSPS) is 15.1. The van der Waals surface area contributed by atoms with E-state index in [1.165, 1.54) is 0 Å². The van der Waals surface area contributed by atoms with Gasteiger partial charge < -0.3 is 9.47 Å². The summed E-state index contributed by atoms with van der Waals surface area (Å²) in [7, 11) is 1.71. The number of rotatable bonds is 6. The molecule has 3 N–H and O–H groups in total. The number of ether oxygens (including phenoxy) is 2. The average Bonchev–Trinajstić information content (AvgIpc) is 2.35. The first-order valence-corrected chi connectivity index (χ1v) is 6.66. The monoisotopic (exact) mass is 266 g/mol. The van der Waals surface area contributed by atoms with Crippen LogP contribution in [0, 0.1) is 5.41 Å². The highest BCUT2D eigenvalue weighted by molar-refractivity contribution is 5.36. The maximum absolute atomic E-state index is 5.76. The first kappa shape index (κ1) is 16.0. The molecule has 0 saturated carbocycles. The summed E-state index contributed by atoms with van der Waals surface area (Å²) in [5.41, 5.74) is 3.85. The average molecular weight is 266 g/mol.